The number of likely N-dealkylation sites (N-methyl/N-ethyl adjacent to an activating group) is 1. The number of rotatable bonds is 3. The van der Waals surface area contributed by atoms with Crippen LogP contribution in [0.4, 0.5) is 21.9 Å². The van der Waals surface area contributed by atoms with E-state index in [0.29, 0.717) is 6.54 Å². The number of aromatic nitrogens is 2. The number of H-pyrrole nitrogens is 1. The van der Waals surface area contributed by atoms with Crippen LogP contribution in [0.25, 0.3) is 16.6 Å². The van der Waals surface area contributed by atoms with E-state index in [4.69, 9.17) is 0 Å². The van der Waals surface area contributed by atoms with Crippen molar-refractivity contribution in [2.45, 2.75) is 13.0 Å². The van der Waals surface area contributed by atoms with Gasteiger partial charge in [0.15, 0.2) is 0 Å². The molecule has 0 unspecified atom stereocenters. The first-order chi connectivity index (χ1) is 16.6. The molecule has 5 heterocycles. The van der Waals surface area contributed by atoms with Crippen molar-refractivity contribution in [3.63, 3.8) is 0 Å². The van der Waals surface area contributed by atoms with E-state index in [0.717, 1.165) is 79.5 Å². The Morgan fingerprint density at radius 2 is 1.94 bits per heavy atom. The Hall–Kier alpha value is -3.56. The van der Waals surface area contributed by atoms with Crippen LogP contribution in [0.1, 0.15) is 17.7 Å². The molecule has 3 aliphatic heterocycles. The van der Waals surface area contributed by atoms with Gasteiger partial charge in [0.1, 0.15) is 5.65 Å². The molecule has 9 nitrogen and oxygen atoms in total. The van der Waals surface area contributed by atoms with Gasteiger partial charge >= 0.3 is 6.03 Å². The monoisotopic (exact) mass is 458 g/mol. The second kappa shape index (κ2) is 8.66. The number of amides is 2. The van der Waals surface area contributed by atoms with Gasteiger partial charge in [-0.15, -0.1) is 0 Å². The molecule has 1 fully saturated rings. The molecule has 0 aliphatic carbocycles. The van der Waals surface area contributed by atoms with Crippen LogP contribution in [0.2, 0.25) is 0 Å². The van der Waals surface area contributed by atoms with Crippen LogP contribution in [-0.4, -0.2) is 77.0 Å². The quantitative estimate of drug-likeness (QED) is 0.482. The number of hydrogen-bond donors (Lipinski definition) is 4. The van der Waals surface area contributed by atoms with Crippen molar-refractivity contribution in [3.05, 3.63) is 53.9 Å². The van der Waals surface area contributed by atoms with Crippen molar-refractivity contribution in [2.75, 3.05) is 57.1 Å². The molecule has 0 saturated carbocycles. The lowest BCUT2D eigenvalue weighted by Crippen LogP contribution is -2.52. The highest BCUT2D eigenvalue weighted by atomic mass is 16.2. The molecule has 0 radical (unpaired) electrons. The lowest BCUT2D eigenvalue weighted by molar-refractivity contribution is 0.125. The van der Waals surface area contributed by atoms with Crippen LogP contribution in [0.5, 0.6) is 0 Å². The third-order valence-electron chi connectivity index (χ3n) is 7.02. The van der Waals surface area contributed by atoms with Crippen molar-refractivity contribution in [1.82, 2.24) is 30.1 Å². The highest BCUT2D eigenvalue weighted by Crippen LogP contribution is 2.32. The van der Waals surface area contributed by atoms with Crippen molar-refractivity contribution in [1.29, 1.82) is 0 Å². The minimum absolute atomic E-state index is 0.160. The van der Waals surface area contributed by atoms with E-state index in [9.17, 15) is 4.79 Å². The van der Waals surface area contributed by atoms with Gasteiger partial charge in [-0.05, 0) is 54.9 Å². The number of nitrogens with zero attached hydrogens (tertiary/aromatic N) is 4. The first kappa shape index (κ1) is 21.0. The van der Waals surface area contributed by atoms with Gasteiger partial charge in [-0.1, -0.05) is 6.08 Å². The fourth-order valence-electron chi connectivity index (χ4n) is 4.92. The van der Waals surface area contributed by atoms with E-state index in [2.05, 4.69) is 68.4 Å². The molecular weight excluding hydrogens is 428 g/mol. The fraction of sp³-hybridized carbons (Fsp3) is 0.360. The van der Waals surface area contributed by atoms with Crippen LogP contribution in [0, 0.1) is 0 Å². The van der Waals surface area contributed by atoms with Gasteiger partial charge in [0.25, 0.3) is 0 Å². The Balaban J connectivity index is 1.18. The summed E-state index contributed by atoms with van der Waals surface area (Å²) in [5.41, 5.74) is 13.9. The average Bonchev–Trinajstić information content (AvgIpc) is 3.52. The van der Waals surface area contributed by atoms with Gasteiger partial charge < -0.3 is 30.4 Å². The maximum absolute atomic E-state index is 12.9. The predicted molar refractivity (Wildman–Crippen MR) is 135 cm³/mol. The number of pyridine rings is 1. The Kier molecular flexibility index (Phi) is 5.35. The maximum atomic E-state index is 12.9. The van der Waals surface area contributed by atoms with Crippen molar-refractivity contribution < 1.29 is 4.79 Å². The van der Waals surface area contributed by atoms with E-state index in [1.165, 1.54) is 11.1 Å². The zero-order valence-electron chi connectivity index (χ0n) is 19.4. The van der Waals surface area contributed by atoms with Crippen LogP contribution >= 0.6 is 0 Å². The number of anilines is 3. The van der Waals surface area contributed by atoms with Gasteiger partial charge in [0.2, 0.25) is 0 Å². The van der Waals surface area contributed by atoms with Crippen molar-refractivity contribution in [3.8, 4) is 0 Å². The van der Waals surface area contributed by atoms with E-state index >= 15 is 0 Å². The summed E-state index contributed by atoms with van der Waals surface area (Å²) in [6.07, 6.45) is 4.84. The molecule has 176 valence electrons. The Morgan fingerprint density at radius 1 is 1.06 bits per heavy atom. The normalized spacial score (nSPS) is 18.6. The molecule has 0 atom stereocenters. The molecular formula is C25H30N8O. The lowest BCUT2D eigenvalue weighted by Gasteiger charge is -2.37. The molecule has 1 saturated heterocycles. The third kappa shape index (κ3) is 3.97. The minimum atomic E-state index is 0.160. The first-order valence-electron chi connectivity index (χ1n) is 11.9. The summed E-state index contributed by atoms with van der Waals surface area (Å²) in [6.45, 7) is 5.70. The molecule has 2 amide bonds. The number of hydrogen-bond acceptors (Lipinski definition) is 6. The van der Waals surface area contributed by atoms with Gasteiger partial charge in [0.05, 0.1) is 11.4 Å². The fourth-order valence-corrected chi connectivity index (χ4v) is 4.92. The number of urea groups is 1. The largest absolute Gasteiger partial charge is 0.355 e. The van der Waals surface area contributed by atoms with Gasteiger partial charge in [-0.3, -0.25) is 0 Å². The number of piperazine rings is 1. The summed E-state index contributed by atoms with van der Waals surface area (Å²) in [6, 6.07) is 10.7. The van der Waals surface area contributed by atoms with Crippen molar-refractivity contribution in [2.24, 2.45) is 0 Å². The number of fused-ring (bicyclic) bond motifs is 2. The van der Waals surface area contributed by atoms with Crippen LogP contribution in [0.15, 0.2) is 42.6 Å². The molecule has 0 spiro atoms. The van der Waals surface area contributed by atoms with Gasteiger partial charge in [0, 0.05) is 68.8 Å². The smallest absolute Gasteiger partial charge is 0.320 e. The molecule has 0 bridgehead atoms. The Bertz CT molecular complexity index is 1260. The number of nitrogens with one attached hydrogen (secondary N) is 4. The second-order valence-corrected chi connectivity index (χ2v) is 9.28. The lowest BCUT2D eigenvalue weighted by atomic mass is 10.0. The SMILES string of the molecule is CN1CCN(C(=O)N2CC=C(c3cc4c(Nc5ccc6c(c5)CNN6)ccnc4[nH]3)CC2)CC1. The Morgan fingerprint density at radius 3 is 2.76 bits per heavy atom. The summed E-state index contributed by atoms with van der Waals surface area (Å²) < 4.78 is 0. The van der Waals surface area contributed by atoms with E-state index in [1.54, 1.807) is 0 Å². The predicted octanol–water partition coefficient (Wildman–Crippen LogP) is 3.19. The Labute approximate surface area is 198 Å². The van der Waals surface area contributed by atoms with Gasteiger partial charge in [-0.2, -0.15) is 0 Å². The molecule has 3 aliphatic rings. The number of aromatic amines is 1. The first-order valence-corrected chi connectivity index (χ1v) is 11.9. The summed E-state index contributed by atoms with van der Waals surface area (Å²) >= 11 is 0. The topological polar surface area (TPSA) is 91.6 Å². The molecule has 3 aromatic rings. The second-order valence-electron chi connectivity index (χ2n) is 9.28. The van der Waals surface area contributed by atoms with Crippen LogP contribution < -0.4 is 16.2 Å². The molecule has 1 aromatic carbocycles. The molecule has 34 heavy (non-hydrogen) atoms. The zero-order valence-corrected chi connectivity index (χ0v) is 19.4. The van der Waals surface area contributed by atoms with E-state index in [-0.39, 0.29) is 6.03 Å². The minimum Gasteiger partial charge on any atom is -0.355 e. The van der Waals surface area contributed by atoms with Gasteiger partial charge in [-0.25, -0.2) is 15.2 Å². The van der Waals surface area contributed by atoms with Crippen LogP contribution in [-0.2, 0) is 6.54 Å². The highest BCUT2D eigenvalue weighted by Gasteiger charge is 2.26. The summed E-state index contributed by atoms with van der Waals surface area (Å²) in [4.78, 5) is 27.1. The van der Waals surface area contributed by atoms with E-state index < -0.39 is 0 Å². The molecule has 9 heteroatoms. The van der Waals surface area contributed by atoms with Crippen molar-refractivity contribution >= 4 is 39.7 Å². The maximum Gasteiger partial charge on any atom is 0.320 e. The van der Waals surface area contributed by atoms with E-state index in [1.807, 2.05) is 22.1 Å². The summed E-state index contributed by atoms with van der Waals surface area (Å²) in [5, 5.41) is 4.62. The average molecular weight is 459 g/mol. The highest BCUT2D eigenvalue weighted by molar-refractivity contribution is 5.94. The number of carbonyl (C=O) groups is 1. The molecule has 2 aromatic heterocycles. The molecule has 4 N–H and O–H groups in total. The summed E-state index contributed by atoms with van der Waals surface area (Å²) in [5.74, 6) is 0. The number of benzene rings is 1. The zero-order chi connectivity index (χ0) is 23.1. The van der Waals surface area contributed by atoms with Crippen LogP contribution in [0.3, 0.4) is 0 Å². The standard InChI is InChI=1S/C25H30N8O/c1-31-10-12-33(13-11-31)25(34)32-8-5-17(6-9-32)23-15-20-22(4-7-26-24(20)29-23)28-19-2-3-21-18(14-19)16-27-30-21/h2-5,7,14-15,27,30H,6,8-13,16H2,1H3,(H2,26,28,29). The number of hydrazine groups is 1. The molecule has 6 rings (SSSR count). The summed E-state index contributed by atoms with van der Waals surface area (Å²) in [7, 11) is 2.11. The number of carbonyl (C=O) groups excluding carboxylic acids is 1. The third-order valence-corrected chi connectivity index (χ3v) is 7.02.